The van der Waals surface area contributed by atoms with Crippen molar-refractivity contribution in [2.45, 2.75) is 12.5 Å². The Morgan fingerprint density at radius 1 is 1.67 bits per heavy atom. The molecule has 1 aliphatic rings. The zero-order valence-electron chi connectivity index (χ0n) is 8.38. The molecule has 0 spiro atoms. The molecule has 1 aromatic heterocycles. The number of amides is 1. The predicted molar refractivity (Wildman–Crippen MR) is 53.8 cm³/mol. The zero-order valence-corrected chi connectivity index (χ0v) is 8.38. The summed E-state index contributed by atoms with van der Waals surface area (Å²) in [5.41, 5.74) is 0.613. The molecule has 0 aliphatic carbocycles. The van der Waals surface area contributed by atoms with Crippen molar-refractivity contribution in [3.63, 3.8) is 0 Å². The summed E-state index contributed by atoms with van der Waals surface area (Å²) in [7, 11) is 1.50. The van der Waals surface area contributed by atoms with Gasteiger partial charge in [-0.25, -0.2) is 4.98 Å². The van der Waals surface area contributed by atoms with Crippen LogP contribution < -0.4 is 9.64 Å². The van der Waals surface area contributed by atoms with Crippen LogP contribution in [0.5, 0.6) is 5.88 Å². The molecule has 1 aromatic rings. The Morgan fingerprint density at radius 2 is 2.47 bits per heavy atom. The Balaban J connectivity index is 2.33. The number of rotatable bonds is 2. The van der Waals surface area contributed by atoms with Crippen molar-refractivity contribution in [2.24, 2.45) is 0 Å². The first-order valence-electron chi connectivity index (χ1n) is 4.70. The molecule has 1 aliphatic heterocycles. The summed E-state index contributed by atoms with van der Waals surface area (Å²) in [6.07, 6.45) is 1.17. The molecule has 2 rings (SSSR count). The van der Waals surface area contributed by atoms with Gasteiger partial charge in [-0.05, 0) is 12.1 Å². The van der Waals surface area contributed by atoms with E-state index in [0.717, 1.165) is 0 Å². The van der Waals surface area contributed by atoms with E-state index in [2.05, 4.69) is 4.98 Å². The number of hydrogen-bond acceptors (Lipinski definition) is 4. The minimum Gasteiger partial charge on any atom is -0.480 e. The van der Waals surface area contributed by atoms with E-state index in [4.69, 9.17) is 4.74 Å². The highest BCUT2D eigenvalue weighted by molar-refractivity contribution is 5.97. The van der Waals surface area contributed by atoms with Gasteiger partial charge >= 0.3 is 0 Å². The molecule has 1 atom stereocenters. The second-order valence-electron chi connectivity index (χ2n) is 3.39. The quantitative estimate of drug-likeness (QED) is 0.753. The molecule has 0 aromatic carbocycles. The second-order valence-corrected chi connectivity index (χ2v) is 3.39. The molecule has 5 heteroatoms. The maximum Gasteiger partial charge on any atom is 0.237 e. The average Bonchev–Trinajstić information content (AvgIpc) is 2.57. The van der Waals surface area contributed by atoms with Gasteiger partial charge in [-0.2, -0.15) is 0 Å². The Morgan fingerprint density at radius 3 is 3.07 bits per heavy atom. The van der Waals surface area contributed by atoms with Gasteiger partial charge in [0.25, 0.3) is 0 Å². The van der Waals surface area contributed by atoms with E-state index in [1.807, 2.05) is 0 Å². The summed E-state index contributed by atoms with van der Waals surface area (Å²) in [4.78, 5) is 17.0. The lowest BCUT2D eigenvalue weighted by molar-refractivity contribution is -0.117. The molecule has 1 saturated heterocycles. The van der Waals surface area contributed by atoms with Crippen LogP contribution in [0.1, 0.15) is 6.42 Å². The Hall–Kier alpha value is -1.62. The summed E-state index contributed by atoms with van der Waals surface area (Å²) in [5, 5.41) is 9.37. The molecular weight excluding hydrogens is 196 g/mol. The number of pyridine rings is 1. The highest BCUT2D eigenvalue weighted by atomic mass is 16.5. The smallest absolute Gasteiger partial charge is 0.237 e. The van der Waals surface area contributed by atoms with Crippen LogP contribution >= 0.6 is 0 Å². The van der Waals surface area contributed by atoms with Crippen LogP contribution in [0.3, 0.4) is 0 Å². The van der Waals surface area contributed by atoms with E-state index in [1.165, 1.54) is 12.0 Å². The fourth-order valence-electron chi connectivity index (χ4n) is 1.67. The summed E-state index contributed by atoms with van der Waals surface area (Å²) in [5.74, 6) is 0.300. The number of nitrogens with zero attached hydrogens (tertiary/aromatic N) is 2. The first-order valence-corrected chi connectivity index (χ1v) is 4.70. The zero-order chi connectivity index (χ0) is 10.8. The predicted octanol–water partition coefficient (Wildman–Crippen LogP) is 0.188. The second kappa shape index (κ2) is 3.86. The molecule has 2 heterocycles. The summed E-state index contributed by atoms with van der Waals surface area (Å²) < 4.78 is 5.05. The van der Waals surface area contributed by atoms with Crippen LogP contribution in [0, 0.1) is 0 Å². The van der Waals surface area contributed by atoms with Crippen molar-refractivity contribution in [1.29, 1.82) is 0 Å². The summed E-state index contributed by atoms with van der Waals surface area (Å²) in [6.45, 7) is 0.306. The number of carbonyl (C=O) groups excluding carboxylic acids is 1. The van der Waals surface area contributed by atoms with Crippen LogP contribution in [-0.2, 0) is 4.79 Å². The molecule has 0 radical (unpaired) electrons. The van der Waals surface area contributed by atoms with E-state index in [9.17, 15) is 9.90 Å². The molecule has 0 bridgehead atoms. The fourth-order valence-corrected chi connectivity index (χ4v) is 1.67. The van der Waals surface area contributed by atoms with Crippen LogP contribution in [0.2, 0.25) is 0 Å². The van der Waals surface area contributed by atoms with Gasteiger partial charge in [0.05, 0.1) is 26.2 Å². The van der Waals surface area contributed by atoms with E-state index in [0.29, 0.717) is 18.1 Å². The van der Waals surface area contributed by atoms with Gasteiger partial charge < -0.3 is 14.7 Å². The summed E-state index contributed by atoms with van der Waals surface area (Å²) in [6, 6.07) is 3.48. The standard InChI is InChI=1S/C10H12N2O3/c1-15-10-8(3-2-4-11-10)12-6-7(13)5-9(12)14/h2-4,7,13H,5-6H2,1H3. The minimum absolute atomic E-state index is 0.103. The number of ether oxygens (including phenoxy) is 1. The molecule has 1 fully saturated rings. The Kier molecular flexibility index (Phi) is 2.55. The number of aliphatic hydroxyl groups excluding tert-OH is 1. The molecular formula is C10H12N2O3. The lowest BCUT2D eigenvalue weighted by atomic mass is 10.3. The number of aromatic nitrogens is 1. The SMILES string of the molecule is COc1ncccc1N1CC(O)CC1=O. The minimum atomic E-state index is -0.595. The highest BCUT2D eigenvalue weighted by Gasteiger charge is 2.30. The number of hydrogen-bond donors (Lipinski definition) is 1. The Labute approximate surface area is 87.3 Å². The van der Waals surface area contributed by atoms with Crippen LogP contribution in [0.25, 0.3) is 0 Å². The third-order valence-electron chi connectivity index (χ3n) is 2.34. The van der Waals surface area contributed by atoms with E-state index < -0.39 is 6.10 Å². The van der Waals surface area contributed by atoms with Gasteiger partial charge in [0.1, 0.15) is 5.69 Å². The van der Waals surface area contributed by atoms with Crippen molar-refractivity contribution >= 4 is 11.6 Å². The first-order chi connectivity index (χ1) is 7.22. The lowest BCUT2D eigenvalue weighted by Crippen LogP contribution is -2.25. The molecule has 1 amide bonds. The number of aliphatic hydroxyl groups is 1. The number of carbonyl (C=O) groups is 1. The monoisotopic (exact) mass is 208 g/mol. The van der Waals surface area contributed by atoms with Gasteiger partial charge in [-0.3, -0.25) is 4.79 Å². The topological polar surface area (TPSA) is 62.7 Å². The van der Waals surface area contributed by atoms with E-state index in [1.54, 1.807) is 18.3 Å². The Bertz CT molecular complexity index is 381. The van der Waals surface area contributed by atoms with Crippen molar-refractivity contribution < 1.29 is 14.6 Å². The van der Waals surface area contributed by atoms with Crippen molar-refractivity contribution in [3.05, 3.63) is 18.3 Å². The third kappa shape index (κ3) is 1.78. The number of β-amino-alcohol motifs (C(OH)–C–C–N with tert-alkyl or cyclic N) is 1. The molecule has 1 unspecified atom stereocenters. The van der Waals surface area contributed by atoms with E-state index >= 15 is 0 Å². The lowest BCUT2D eigenvalue weighted by Gasteiger charge is -2.17. The van der Waals surface area contributed by atoms with Crippen molar-refractivity contribution in [3.8, 4) is 5.88 Å². The summed E-state index contributed by atoms with van der Waals surface area (Å²) >= 11 is 0. The van der Waals surface area contributed by atoms with Crippen molar-refractivity contribution in [2.75, 3.05) is 18.6 Å². The fraction of sp³-hybridized carbons (Fsp3) is 0.400. The first kappa shape index (κ1) is 9.92. The largest absolute Gasteiger partial charge is 0.480 e. The normalized spacial score (nSPS) is 20.8. The highest BCUT2D eigenvalue weighted by Crippen LogP contribution is 2.28. The number of anilines is 1. The van der Waals surface area contributed by atoms with Gasteiger partial charge in [-0.1, -0.05) is 0 Å². The molecule has 80 valence electrons. The van der Waals surface area contributed by atoms with Crippen LogP contribution in [0.15, 0.2) is 18.3 Å². The van der Waals surface area contributed by atoms with Gasteiger partial charge in [0.15, 0.2) is 0 Å². The maximum absolute atomic E-state index is 11.5. The molecule has 0 saturated carbocycles. The van der Waals surface area contributed by atoms with Gasteiger partial charge in [0.2, 0.25) is 11.8 Å². The molecule has 5 nitrogen and oxygen atoms in total. The third-order valence-corrected chi connectivity index (χ3v) is 2.34. The average molecular weight is 208 g/mol. The molecule has 15 heavy (non-hydrogen) atoms. The van der Waals surface area contributed by atoms with Crippen LogP contribution in [-0.4, -0.2) is 35.8 Å². The van der Waals surface area contributed by atoms with E-state index in [-0.39, 0.29) is 12.3 Å². The maximum atomic E-state index is 11.5. The number of methoxy groups -OCH3 is 1. The van der Waals surface area contributed by atoms with Crippen LogP contribution in [0.4, 0.5) is 5.69 Å². The molecule has 1 N–H and O–H groups in total. The van der Waals surface area contributed by atoms with Gasteiger partial charge in [0, 0.05) is 6.20 Å². The van der Waals surface area contributed by atoms with Gasteiger partial charge in [-0.15, -0.1) is 0 Å². The van der Waals surface area contributed by atoms with Crippen molar-refractivity contribution in [1.82, 2.24) is 4.98 Å².